The monoisotopic (exact) mass is 380 g/mol. The summed E-state index contributed by atoms with van der Waals surface area (Å²) in [6.45, 7) is 7.27. The van der Waals surface area contributed by atoms with Crippen molar-refractivity contribution in [1.29, 1.82) is 0 Å². The number of benzene rings is 1. The molecule has 0 atom stereocenters. The Morgan fingerprint density at radius 1 is 1.04 bits per heavy atom. The largest absolute Gasteiger partial charge is 0.423 e. The van der Waals surface area contributed by atoms with E-state index < -0.39 is 21.1 Å². The molecule has 26 heavy (non-hydrogen) atoms. The molecule has 7 heteroatoms. The average molecular weight is 380 g/mol. The van der Waals surface area contributed by atoms with Crippen molar-refractivity contribution >= 4 is 15.7 Å². The van der Waals surface area contributed by atoms with Gasteiger partial charge in [0, 0.05) is 18.5 Å². The van der Waals surface area contributed by atoms with E-state index in [4.69, 9.17) is 4.42 Å². The summed E-state index contributed by atoms with van der Waals surface area (Å²) in [6, 6.07) is 4.82. The molecule has 0 radical (unpaired) electrons. The predicted molar refractivity (Wildman–Crippen MR) is 97.7 cm³/mol. The predicted octanol–water partition coefficient (Wildman–Crippen LogP) is 4.32. The average Bonchev–Trinajstić information content (AvgIpc) is 2.87. The van der Waals surface area contributed by atoms with E-state index in [2.05, 4.69) is 4.98 Å². The Morgan fingerprint density at radius 2 is 1.62 bits per heavy atom. The molecule has 0 saturated carbocycles. The van der Waals surface area contributed by atoms with E-state index in [9.17, 15) is 12.8 Å². The van der Waals surface area contributed by atoms with Crippen molar-refractivity contribution in [3.8, 4) is 0 Å². The van der Waals surface area contributed by atoms with Crippen LogP contribution in [0.4, 0.5) is 10.3 Å². The molecule has 0 unspecified atom stereocenters. The molecule has 142 valence electrons. The van der Waals surface area contributed by atoms with Crippen molar-refractivity contribution in [2.24, 2.45) is 0 Å². The van der Waals surface area contributed by atoms with Crippen LogP contribution in [0.3, 0.4) is 0 Å². The molecule has 5 nitrogen and oxygen atoms in total. The number of hydrogen-bond acceptors (Lipinski definition) is 5. The van der Waals surface area contributed by atoms with Crippen LogP contribution in [0.5, 0.6) is 0 Å². The molecule has 3 rings (SSSR count). The van der Waals surface area contributed by atoms with Crippen LogP contribution in [0.25, 0.3) is 0 Å². The number of halogens is 1. The Morgan fingerprint density at radius 3 is 2.15 bits per heavy atom. The minimum Gasteiger partial charge on any atom is -0.423 e. The third-order valence-electron chi connectivity index (χ3n) is 4.49. The van der Waals surface area contributed by atoms with E-state index in [0.29, 0.717) is 11.8 Å². The Balaban J connectivity index is 2.12. The number of nitrogens with zero attached hydrogens (tertiary/aromatic N) is 2. The zero-order valence-corrected chi connectivity index (χ0v) is 16.3. The van der Waals surface area contributed by atoms with Crippen molar-refractivity contribution < 1.29 is 17.2 Å². The number of rotatable bonds is 3. The van der Waals surface area contributed by atoms with Gasteiger partial charge in [-0.25, -0.2) is 12.8 Å². The van der Waals surface area contributed by atoms with Gasteiger partial charge in [0.1, 0.15) is 5.82 Å². The van der Waals surface area contributed by atoms with Gasteiger partial charge in [0.15, 0.2) is 0 Å². The summed E-state index contributed by atoms with van der Waals surface area (Å²) >= 11 is 0. The molecule has 1 fully saturated rings. The van der Waals surface area contributed by atoms with E-state index in [1.54, 1.807) is 0 Å². The van der Waals surface area contributed by atoms with E-state index in [1.165, 1.54) is 12.1 Å². The highest BCUT2D eigenvalue weighted by Gasteiger charge is 2.34. The van der Waals surface area contributed by atoms with E-state index in [-0.39, 0.29) is 9.92 Å². The lowest BCUT2D eigenvalue weighted by molar-refractivity contribution is 0.391. The number of anilines is 1. The number of oxazole rings is 1. The summed E-state index contributed by atoms with van der Waals surface area (Å²) < 4.78 is 45.5. The topological polar surface area (TPSA) is 63.4 Å². The van der Waals surface area contributed by atoms with Crippen LogP contribution in [0, 0.1) is 5.82 Å². The van der Waals surface area contributed by atoms with Crippen LogP contribution in [0.15, 0.2) is 38.6 Å². The lowest BCUT2D eigenvalue weighted by Gasteiger charge is -2.20. The summed E-state index contributed by atoms with van der Waals surface area (Å²) in [4.78, 5) is 6.36. The van der Waals surface area contributed by atoms with Gasteiger partial charge in [-0.05, 0) is 37.1 Å². The van der Waals surface area contributed by atoms with Crippen molar-refractivity contribution in [3.63, 3.8) is 0 Å². The van der Waals surface area contributed by atoms with Crippen LogP contribution in [0.2, 0.25) is 0 Å². The second kappa shape index (κ2) is 7.02. The smallest absolute Gasteiger partial charge is 0.236 e. The first-order valence-corrected chi connectivity index (χ1v) is 10.4. The Labute approximate surface area is 154 Å². The van der Waals surface area contributed by atoms with Crippen molar-refractivity contribution in [3.05, 3.63) is 36.0 Å². The van der Waals surface area contributed by atoms with Gasteiger partial charge in [0.25, 0.3) is 0 Å². The minimum absolute atomic E-state index is 0.0173. The molecular formula is C19H25FN2O3S. The van der Waals surface area contributed by atoms with Crippen molar-refractivity contribution in [2.45, 2.75) is 61.8 Å². The summed E-state index contributed by atoms with van der Waals surface area (Å²) in [5, 5.41) is -0.0732. The molecule has 0 N–H and O–H groups in total. The standard InChI is InChI=1S/C19H25FN2O3S/c1-19(2,3)18-21-16(17(25-18)22-12-6-4-5-7-13-22)26(23,24)15-10-8-14(20)9-11-15/h8-11H,4-7,12-13H2,1-3H3. The zero-order valence-electron chi connectivity index (χ0n) is 15.5. The van der Waals surface area contributed by atoms with E-state index in [1.807, 2.05) is 25.7 Å². The van der Waals surface area contributed by atoms with Crippen LogP contribution >= 0.6 is 0 Å². The van der Waals surface area contributed by atoms with Crippen molar-refractivity contribution in [2.75, 3.05) is 18.0 Å². The molecule has 0 amide bonds. The normalized spacial score (nSPS) is 16.5. The molecule has 2 aromatic rings. The lowest BCUT2D eigenvalue weighted by Crippen LogP contribution is -2.25. The summed E-state index contributed by atoms with van der Waals surface area (Å²) in [6.07, 6.45) is 4.22. The van der Waals surface area contributed by atoms with Gasteiger partial charge in [-0.1, -0.05) is 33.6 Å². The molecule has 1 aliphatic heterocycles. The summed E-state index contributed by atoms with van der Waals surface area (Å²) in [5.74, 6) is 0.214. The zero-order chi connectivity index (χ0) is 18.9. The highest BCUT2D eigenvalue weighted by atomic mass is 32.2. The Bertz CT molecular complexity index is 859. The lowest BCUT2D eigenvalue weighted by atomic mass is 9.97. The molecule has 1 aliphatic rings. The third-order valence-corrected chi connectivity index (χ3v) is 6.16. The van der Waals surface area contributed by atoms with Crippen LogP contribution in [-0.2, 0) is 15.3 Å². The molecule has 0 aliphatic carbocycles. The highest BCUT2D eigenvalue weighted by Crippen LogP contribution is 2.35. The quantitative estimate of drug-likeness (QED) is 0.742. The second-order valence-corrected chi connectivity index (χ2v) is 9.60. The van der Waals surface area contributed by atoms with Gasteiger partial charge in [0.2, 0.25) is 26.6 Å². The molecular weight excluding hydrogens is 355 g/mol. The van der Waals surface area contributed by atoms with Gasteiger partial charge in [-0.15, -0.1) is 0 Å². The Kier molecular flexibility index (Phi) is 5.10. The molecule has 2 heterocycles. The van der Waals surface area contributed by atoms with Crippen LogP contribution < -0.4 is 4.90 Å². The van der Waals surface area contributed by atoms with Gasteiger partial charge in [0.05, 0.1) is 4.90 Å². The molecule has 1 aromatic carbocycles. The number of hydrogen-bond donors (Lipinski definition) is 0. The van der Waals surface area contributed by atoms with Crippen molar-refractivity contribution in [1.82, 2.24) is 4.98 Å². The van der Waals surface area contributed by atoms with E-state index >= 15 is 0 Å². The highest BCUT2D eigenvalue weighted by molar-refractivity contribution is 7.91. The first-order valence-electron chi connectivity index (χ1n) is 8.96. The minimum atomic E-state index is -3.90. The maximum absolute atomic E-state index is 13.2. The maximum Gasteiger partial charge on any atom is 0.236 e. The van der Waals surface area contributed by atoms with Gasteiger partial charge in [-0.2, -0.15) is 4.98 Å². The molecule has 0 bridgehead atoms. The molecule has 1 aromatic heterocycles. The van der Waals surface area contributed by atoms with Gasteiger partial charge < -0.3 is 9.32 Å². The molecule has 1 saturated heterocycles. The second-order valence-electron chi connectivity index (χ2n) is 7.74. The summed E-state index contributed by atoms with van der Waals surface area (Å²) in [7, 11) is -3.90. The van der Waals surface area contributed by atoms with E-state index in [0.717, 1.165) is 50.9 Å². The first-order chi connectivity index (χ1) is 12.2. The Hall–Kier alpha value is -1.89. The van der Waals surface area contributed by atoms with Gasteiger partial charge >= 0.3 is 0 Å². The fraction of sp³-hybridized carbons (Fsp3) is 0.526. The molecule has 0 spiro atoms. The maximum atomic E-state index is 13.2. The first kappa shape index (κ1) is 18.9. The fourth-order valence-corrected chi connectivity index (χ4v) is 4.31. The van der Waals surface area contributed by atoms with Crippen LogP contribution in [0.1, 0.15) is 52.3 Å². The number of aromatic nitrogens is 1. The van der Waals surface area contributed by atoms with Gasteiger partial charge in [-0.3, -0.25) is 0 Å². The third kappa shape index (κ3) is 3.77. The summed E-state index contributed by atoms with van der Waals surface area (Å²) in [5.41, 5.74) is -0.419. The SMILES string of the molecule is CC(C)(C)c1nc(S(=O)(=O)c2ccc(F)cc2)c(N2CCCCCC2)o1. The van der Waals surface area contributed by atoms with Crippen LogP contribution in [-0.4, -0.2) is 26.5 Å². The number of sulfone groups is 1. The fourth-order valence-electron chi connectivity index (χ4n) is 2.99.